The smallest absolute Gasteiger partial charge is 0.311 e. The molecule has 0 aliphatic heterocycles. The van der Waals surface area contributed by atoms with E-state index in [1.807, 2.05) is 0 Å². The van der Waals surface area contributed by atoms with E-state index in [4.69, 9.17) is 10.5 Å². The van der Waals surface area contributed by atoms with Crippen LogP contribution in [0.2, 0.25) is 0 Å². The van der Waals surface area contributed by atoms with Gasteiger partial charge in [-0.1, -0.05) is 0 Å². The lowest BCUT2D eigenvalue weighted by Crippen LogP contribution is -2.18. The Bertz CT molecular complexity index is 1380. The number of aryl methyl sites for hydroxylation is 1. The largest absolute Gasteiger partial charge is 0.490 e. The molecule has 11 heteroatoms. The third-order valence-corrected chi connectivity index (χ3v) is 4.61. The standard InChI is InChI=1S/C19H15FN6O4/c1-25-15-8-22-19(23-11-4-9(20)3-10(21)5-11)24-17(15)12-7-16(30-2)14(26(28)29)6-13(12)18(25)27/h3-8H,21H2,1-2H3,(H,22,23,24). The maximum absolute atomic E-state index is 13.6. The monoisotopic (exact) mass is 410 g/mol. The van der Waals surface area contributed by atoms with Crippen LogP contribution in [0.25, 0.3) is 21.8 Å². The van der Waals surface area contributed by atoms with Crippen molar-refractivity contribution < 1.29 is 14.1 Å². The zero-order valence-electron chi connectivity index (χ0n) is 15.8. The summed E-state index contributed by atoms with van der Waals surface area (Å²) < 4.78 is 20.0. The number of pyridine rings is 1. The first-order valence-corrected chi connectivity index (χ1v) is 8.63. The van der Waals surface area contributed by atoms with Crippen LogP contribution in [0, 0.1) is 15.9 Å². The number of nitro groups is 1. The SMILES string of the molecule is COc1cc2c(cc1[N+](=O)[O-])c(=O)n(C)c1cnc(Nc3cc(N)cc(F)c3)nc21. The fourth-order valence-corrected chi connectivity index (χ4v) is 3.23. The molecule has 2 heterocycles. The topological polar surface area (TPSA) is 138 Å². The van der Waals surface area contributed by atoms with E-state index in [-0.39, 0.29) is 28.5 Å². The van der Waals surface area contributed by atoms with Gasteiger partial charge in [0, 0.05) is 29.9 Å². The van der Waals surface area contributed by atoms with E-state index in [1.165, 1.54) is 55.3 Å². The Balaban J connectivity index is 1.97. The summed E-state index contributed by atoms with van der Waals surface area (Å²) in [5, 5.41) is 14.7. The second kappa shape index (κ2) is 6.95. The maximum atomic E-state index is 13.6. The number of rotatable bonds is 4. The van der Waals surface area contributed by atoms with Gasteiger partial charge in [-0.3, -0.25) is 14.9 Å². The Morgan fingerprint density at radius 3 is 2.67 bits per heavy atom. The predicted octanol–water partition coefficient (Wildman–Crippen LogP) is 2.86. The van der Waals surface area contributed by atoms with Gasteiger partial charge in [-0.25, -0.2) is 14.4 Å². The Morgan fingerprint density at radius 1 is 1.23 bits per heavy atom. The molecule has 0 aliphatic rings. The van der Waals surface area contributed by atoms with Gasteiger partial charge >= 0.3 is 5.69 Å². The van der Waals surface area contributed by atoms with Crippen molar-refractivity contribution in [2.75, 3.05) is 18.2 Å². The van der Waals surface area contributed by atoms with E-state index in [9.17, 15) is 19.3 Å². The van der Waals surface area contributed by atoms with Gasteiger partial charge in [-0.05, 0) is 24.3 Å². The van der Waals surface area contributed by atoms with Crippen LogP contribution in [0.15, 0.2) is 41.3 Å². The van der Waals surface area contributed by atoms with Crippen molar-refractivity contribution in [2.45, 2.75) is 0 Å². The van der Waals surface area contributed by atoms with Crippen LogP contribution in [-0.2, 0) is 7.05 Å². The fraction of sp³-hybridized carbons (Fsp3) is 0.105. The van der Waals surface area contributed by atoms with Gasteiger partial charge in [0.25, 0.3) is 5.56 Å². The lowest BCUT2D eigenvalue weighted by molar-refractivity contribution is -0.385. The molecular formula is C19H15FN6O4. The number of anilines is 3. The van der Waals surface area contributed by atoms with Crippen molar-refractivity contribution in [3.8, 4) is 5.75 Å². The lowest BCUT2D eigenvalue weighted by Gasteiger charge is -2.12. The third-order valence-electron chi connectivity index (χ3n) is 4.61. The summed E-state index contributed by atoms with van der Waals surface area (Å²) in [6, 6.07) is 6.48. The molecule has 0 atom stereocenters. The average Bonchev–Trinajstić information content (AvgIpc) is 2.70. The molecule has 4 aromatic rings. The van der Waals surface area contributed by atoms with E-state index in [1.54, 1.807) is 0 Å². The van der Waals surface area contributed by atoms with E-state index in [0.29, 0.717) is 22.1 Å². The molecule has 152 valence electrons. The first-order valence-electron chi connectivity index (χ1n) is 8.63. The van der Waals surface area contributed by atoms with Gasteiger partial charge in [0.15, 0.2) is 5.75 Å². The second-order valence-electron chi connectivity index (χ2n) is 6.52. The van der Waals surface area contributed by atoms with Gasteiger partial charge in [0.2, 0.25) is 5.95 Å². The quantitative estimate of drug-likeness (QED) is 0.227. The third kappa shape index (κ3) is 3.11. The molecule has 0 saturated carbocycles. The summed E-state index contributed by atoms with van der Waals surface area (Å²) >= 11 is 0. The van der Waals surface area contributed by atoms with E-state index >= 15 is 0 Å². The van der Waals surface area contributed by atoms with Crippen LogP contribution in [0.1, 0.15) is 0 Å². The van der Waals surface area contributed by atoms with Crippen LogP contribution in [0.5, 0.6) is 5.75 Å². The Labute approximate surface area is 167 Å². The molecule has 2 aromatic heterocycles. The van der Waals surface area contributed by atoms with Gasteiger partial charge < -0.3 is 20.4 Å². The van der Waals surface area contributed by atoms with Crippen LogP contribution < -0.4 is 21.3 Å². The number of nitrogens with zero attached hydrogens (tertiary/aromatic N) is 4. The Hall–Kier alpha value is -4.28. The molecule has 4 rings (SSSR count). The van der Waals surface area contributed by atoms with Crippen LogP contribution in [0.4, 0.5) is 27.4 Å². The summed E-state index contributed by atoms with van der Waals surface area (Å²) in [6.07, 6.45) is 1.43. The first kappa shape index (κ1) is 19.1. The van der Waals surface area contributed by atoms with E-state index < -0.39 is 16.3 Å². The molecule has 0 unspecified atom stereocenters. The number of halogens is 1. The molecule has 0 spiro atoms. The number of fused-ring (bicyclic) bond motifs is 3. The van der Waals surface area contributed by atoms with Crippen molar-refractivity contribution in [1.29, 1.82) is 0 Å². The van der Waals surface area contributed by atoms with Crippen molar-refractivity contribution in [1.82, 2.24) is 14.5 Å². The fourth-order valence-electron chi connectivity index (χ4n) is 3.23. The zero-order chi connectivity index (χ0) is 21.6. The van der Waals surface area contributed by atoms with E-state index in [0.717, 1.165) is 0 Å². The second-order valence-corrected chi connectivity index (χ2v) is 6.52. The molecule has 0 fully saturated rings. The summed E-state index contributed by atoms with van der Waals surface area (Å²) in [5.74, 6) is -0.402. The molecule has 0 saturated heterocycles. The Kier molecular flexibility index (Phi) is 4.42. The van der Waals surface area contributed by atoms with Gasteiger partial charge in [-0.15, -0.1) is 0 Å². The normalized spacial score (nSPS) is 11.0. The number of nitrogens with one attached hydrogen (secondary N) is 1. The maximum Gasteiger partial charge on any atom is 0.311 e. The highest BCUT2D eigenvalue weighted by atomic mass is 19.1. The van der Waals surface area contributed by atoms with Crippen molar-refractivity contribution >= 4 is 44.8 Å². The molecule has 30 heavy (non-hydrogen) atoms. The number of nitrogens with two attached hydrogens (primary N) is 1. The molecule has 2 aromatic carbocycles. The van der Waals surface area contributed by atoms with Gasteiger partial charge in [0.1, 0.15) is 11.3 Å². The van der Waals surface area contributed by atoms with Gasteiger partial charge in [0.05, 0.1) is 29.1 Å². The number of nitro benzene ring substituents is 1. The summed E-state index contributed by atoms with van der Waals surface area (Å²) in [4.78, 5) is 32.1. The number of nitrogen functional groups attached to an aromatic ring is 1. The first-order chi connectivity index (χ1) is 14.3. The molecule has 10 nitrogen and oxygen atoms in total. The molecular weight excluding hydrogens is 395 g/mol. The number of aromatic nitrogens is 3. The highest BCUT2D eigenvalue weighted by molar-refractivity contribution is 6.05. The lowest BCUT2D eigenvalue weighted by atomic mass is 10.1. The van der Waals surface area contributed by atoms with Gasteiger partial charge in [-0.2, -0.15) is 0 Å². The number of ether oxygens (including phenoxy) is 1. The highest BCUT2D eigenvalue weighted by Crippen LogP contribution is 2.33. The Morgan fingerprint density at radius 2 is 2.00 bits per heavy atom. The van der Waals surface area contributed by atoms with Crippen molar-refractivity contribution in [3.63, 3.8) is 0 Å². The summed E-state index contributed by atoms with van der Waals surface area (Å²) in [7, 11) is 2.82. The summed E-state index contributed by atoms with van der Waals surface area (Å²) in [5.41, 5.74) is 6.23. The molecule has 3 N–H and O–H groups in total. The minimum atomic E-state index is -0.622. The average molecular weight is 410 g/mol. The molecule has 0 radical (unpaired) electrons. The number of hydrogen-bond acceptors (Lipinski definition) is 8. The zero-order valence-corrected chi connectivity index (χ0v) is 15.8. The highest BCUT2D eigenvalue weighted by Gasteiger charge is 2.20. The molecule has 0 bridgehead atoms. The van der Waals surface area contributed by atoms with Crippen molar-refractivity contribution in [2.24, 2.45) is 7.05 Å². The van der Waals surface area contributed by atoms with E-state index in [2.05, 4.69) is 15.3 Å². The predicted molar refractivity (Wildman–Crippen MR) is 110 cm³/mol. The minimum absolute atomic E-state index is 0.00641. The minimum Gasteiger partial charge on any atom is -0.490 e. The number of hydrogen-bond donors (Lipinski definition) is 2. The molecule has 0 amide bonds. The van der Waals surface area contributed by atoms with Crippen LogP contribution >= 0.6 is 0 Å². The number of methoxy groups -OCH3 is 1. The number of benzene rings is 2. The van der Waals surface area contributed by atoms with Crippen LogP contribution in [-0.4, -0.2) is 26.6 Å². The molecule has 0 aliphatic carbocycles. The van der Waals surface area contributed by atoms with Crippen LogP contribution in [0.3, 0.4) is 0 Å². The summed E-state index contributed by atoms with van der Waals surface area (Å²) in [6.45, 7) is 0. The van der Waals surface area contributed by atoms with Crippen molar-refractivity contribution in [3.05, 3.63) is 62.8 Å².